The van der Waals surface area contributed by atoms with E-state index in [0.29, 0.717) is 17.5 Å². The smallest absolute Gasteiger partial charge is 0.165 e. The summed E-state index contributed by atoms with van der Waals surface area (Å²) in [6.45, 7) is 0. The lowest BCUT2D eigenvalue weighted by Gasteiger charge is -2.10. The molecule has 0 aliphatic heterocycles. The Morgan fingerprint density at radius 2 is 0.800 bits per heavy atom. The lowest BCUT2D eigenvalue weighted by atomic mass is 9.95. The minimum atomic E-state index is 0.665. The fourth-order valence-electron chi connectivity index (χ4n) is 6.96. The van der Waals surface area contributed by atoms with Gasteiger partial charge in [-0.25, -0.2) is 15.0 Å². The van der Waals surface area contributed by atoms with Crippen molar-refractivity contribution in [2.45, 2.75) is 0 Å². The third kappa shape index (κ3) is 4.82. The molecule has 0 unspecified atom stereocenters. The average Bonchev–Trinajstić information content (AvgIpc) is 3.77. The van der Waals surface area contributed by atoms with Crippen LogP contribution in [0.3, 0.4) is 0 Å². The molecule has 0 saturated heterocycles. The number of fused-ring (bicyclic) bond motifs is 6. The van der Waals surface area contributed by atoms with Crippen molar-refractivity contribution in [1.29, 1.82) is 0 Å². The molecule has 5 heteroatoms. The van der Waals surface area contributed by atoms with Gasteiger partial charge in [0, 0.05) is 68.2 Å². The fourth-order valence-corrected chi connectivity index (χ4v) is 9.51. The van der Waals surface area contributed by atoms with Crippen molar-refractivity contribution >= 4 is 63.0 Å². The third-order valence-corrected chi connectivity index (χ3v) is 11.8. The van der Waals surface area contributed by atoms with Crippen molar-refractivity contribution < 1.29 is 0 Å². The van der Waals surface area contributed by atoms with E-state index in [0.717, 1.165) is 16.7 Å². The Bertz CT molecular complexity index is 2800. The van der Waals surface area contributed by atoms with E-state index in [1.54, 1.807) is 0 Å². The molecule has 0 aliphatic rings. The van der Waals surface area contributed by atoms with Crippen LogP contribution in [0.25, 0.3) is 96.8 Å². The molecule has 10 rings (SSSR count). The van der Waals surface area contributed by atoms with Crippen molar-refractivity contribution in [3.8, 4) is 56.4 Å². The molecule has 0 fully saturated rings. The number of benzene rings is 7. The molecule has 0 aliphatic carbocycles. The topological polar surface area (TPSA) is 38.7 Å². The molecule has 0 bridgehead atoms. The average molecular weight is 674 g/mol. The summed E-state index contributed by atoms with van der Waals surface area (Å²) >= 11 is 3.71. The molecule has 0 spiro atoms. The van der Waals surface area contributed by atoms with Gasteiger partial charge in [-0.3, -0.25) is 0 Å². The molecular formula is C45H27N3S2. The standard InChI is InChI=1S/C45H27N3S2/c1-4-14-28(15-5-1)31-26-37-32-20-10-11-25-39(32)49-42(37)38(27-31)35-23-12-21-33-34-22-13-24-36(41(34)50-40(33)35)45-47-43(29-16-6-2-7-17-29)46-44(48-45)30-18-8-3-9-19-30/h1-27H. The van der Waals surface area contributed by atoms with Crippen LogP contribution in [0.15, 0.2) is 164 Å². The number of rotatable bonds is 5. The Morgan fingerprint density at radius 3 is 1.46 bits per heavy atom. The van der Waals surface area contributed by atoms with Gasteiger partial charge in [-0.05, 0) is 35.4 Å². The lowest BCUT2D eigenvalue weighted by molar-refractivity contribution is 1.08. The minimum Gasteiger partial charge on any atom is -0.208 e. The van der Waals surface area contributed by atoms with Gasteiger partial charge in [0.1, 0.15) is 0 Å². The van der Waals surface area contributed by atoms with Crippen LogP contribution >= 0.6 is 22.7 Å². The van der Waals surface area contributed by atoms with Crippen molar-refractivity contribution in [3.63, 3.8) is 0 Å². The number of hydrogen-bond acceptors (Lipinski definition) is 5. The van der Waals surface area contributed by atoms with E-state index < -0.39 is 0 Å². The van der Waals surface area contributed by atoms with Gasteiger partial charge in [-0.1, -0.05) is 140 Å². The molecule has 234 valence electrons. The van der Waals surface area contributed by atoms with Gasteiger partial charge in [0.25, 0.3) is 0 Å². The van der Waals surface area contributed by atoms with Gasteiger partial charge in [0.05, 0.1) is 0 Å². The maximum atomic E-state index is 5.10. The molecule has 3 aromatic heterocycles. The Hall–Kier alpha value is -6.01. The van der Waals surface area contributed by atoms with Crippen molar-refractivity contribution in [2.75, 3.05) is 0 Å². The number of aromatic nitrogens is 3. The molecule has 7 aromatic carbocycles. The van der Waals surface area contributed by atoms with Crippen molar-refractivity contribution in [3.05, 3.63) is 164 Å². The predicted octanol–water partition coefficient (Wildman–Crippen LogP) is 12.9. The second-order valence-electron chi connectivity index (χ2n) is 12.4. The highest BCUT2D eigenvalue weighted by Crippen LogP contribution is 2.48. The van der Waals surface area contributed by atoms with Gasteiger partial charge in [-0.15, -0.1) is 22.7 Å². The molecule has 3 heterocycles. The first-order chi connectivity index (χ1) is 24.8. The summed E-state index contributed by atoms with van der Waals surface area (Å²) in [5.41, 5.74) is 7.89. The summed E-state index contributed by atoms with van der Waals surface area (Å²) in [7, 11) is 0. The first-order valence-corrected chi connectivity index (χ1v) is 18.2. The van der Waals surface area contributed by atoms with Gasteiger partial charge in [0.15, 0.2) is 17.5 Å². The Morgan fingerprint density at radius 1 is 0.300 bits per heavy atom. The molecule has 0 amide bonds. The zero-order valence-corrected chi connectivity index (χ0v) is 28.4. The van der Waals surface area contributed by atoms with Crippen molar-refractivity contribution in [1.82, 2.24) is 15.0 Å². The minimum absolute atomic E-state index is 0.665. The zero-order chi connectivity index (χ0) is 33.0. The number of hydrogen-bond donors (Lipinski definition) is 0. The van der Waals surface area contributed by atoms with E-state index in [4.69, 9.17) is 15.0 Å². The summed E-state index contributed by atoms with van der Waals surface area (Å²) in [6.07, 6.45) is 0. The lowest BCUT2D eigenvalue weighted by Crippen LogP contribution is -2.00. The van der Waals surface area contributed by atoms with Crippen LogP contribution in [0.1, 0.15) is 0 Å². The normalized spacial score (nSPS) is 11.6. The van der Waals surface area contributed by atoms with E-state index in [1.807, 2.05) is 59.1 Å². The van der Waals surface area contributed by atoms with E-state index in [1.165, 1.54) is 62.6 Å². The van der Waals surface area contributed by atoms with E-state index in [2.05, 4.69) is 127 Å². The van der Waals surface area contributed by atoms with Gasteiger partial charge in [-0.2, -0.15) is 0 Å². The van der Waals surface area contributed by atoms with Crippen LogP contribution in [-0.4, -0.2) is 15.0 Å². The molecule has 0 saturated carbocycles. The summed E-state index contributed by atoms with van der Waals surface area (Å²) in [5.74, 6) is 2.01. The van der Waals surface area contributed by atoms with E-state index in [9.17, 15) is 0 Å². The van der Waals surface area contributed by atoms with Crippen LogP contribution in [0.4, 0.5) is 0 Å². The predicted molar refractivity (Wildman–Crippen MR) is 213 cm³/mol. The summed E-state index contributed by atoms with van der Waals surface area (Å²) in [6, 6.07) is 57.8. The molecular weight excluding hydrogens is 647 g/mol. The van der Waals surface area contributed by atoms with Gasteiger partial charge >= 0.3 is 0 Å². The van der Waals surface area contributed by atoms with Crippen LogP contribution in [-0.2, 0) is 0 Å². The quantitative estimate of drug-likeness (QED) is 0.182. The van der Waals surface area contributed by atoms with Gasteiger partial charge in [0.2, 0.25) is 0 Å². The van der Waals surface area contributed by atoms with Crippen LogP contribution in [0.5, 0.6) is 0 Å². The third-order valence-electron chi connectivity index (χ3n) is 9.34. The fraction of sp³-hybridized carbons (Fsp3) is 0. The number of thiophene rings is 2. The molecule has 50 heavy (non-hydrogen) atoms. The highest BCUT2D eigenvalue weighted by atomic mass is 32.1. The molecule has 0 radical (unpaired) electrons. The summed E-state index contributed by atoms with van der Waals surface area (Å²) in [5, 5.41) is 5.05. The SMILES string of the molecule is c1ccc(-c2cc(-c3cccc4c3sc3c(-c5nc(-c6ccccc6)nc(-c6ccccc6)n5)cccc34)c3sc4ccccc4c3c2)cc1. The van der Waals surface area contributed by atoms with Gasteiger partial charge < -0.3 is 0 Å². The van der Waals surface area contributed by atoms with Crippen molar-refractivity contribution in [2.24, 2.45) is 0 Å². The summed E-state index contributed by atoms with van der Waals surface area (Å²) in [4.78, 5) is 15.1. The molecule has 0 atom stereocenters. The number of nitrogens with zero attached hydrogens (tertiary/aromatic N) is 3. The maximum Gasteiger partial charge on any atom is 0.165 e. The first-order valence-electron chi connectivity index (χ1n) is 16.6. The molecule has 0 N–H and O–H groups in total. The maximum absolute atomic E-state index is 5.10. The summed E-state index contributed by atoms with van der Waals surface area (Å²) < 4.78 is 5.05. The first kappa shape index (κ1) is 29.0. The van der Waals surface area contributed by atoms with Crippen LogP contribution in [0, 0.1) is 0 Å². The van der Waals surface area contributed by atoms with E-state index in [-0.39, 0.29) is 0 Å². The Labute approximate surface area is 296 Å². The van der Waals surface area contributed by atoms with Crippen LogP contribution < -0.4 is 0 Å². The second-order valence-corrected chi connectivity index (χ2v) is 14.4. The Kier molecular flexibility index (Phi) is 6.86. The molecule has 3 nitrogen and oxygen atoms in total. The second kappa shape index (κ2) is 11.8. The monoisotopic (exact) mass is 673 g/mol. The largest absolute Gasteiger partial charge is 0.208 e. The zero-order valence-electron chi connectivity index (χ0n) is 26.7. The molecule has 10 aromatic rings. The van der Waals surface area contributed by atoms with E-state index >= 15 is 0 Å². The Balaban J connectivity index is 1.23. The highest BCUT2D eigenvalue weighted by molar-refractivity contribution is 7.27. The van der Waals surface area contributed by atoms with Crippen LogP contribution in [0.2, 0.25) is 0 Å². The highest BCUT2D eigenvalue weighted by Gasteiger charge is 2.20.